The maximum atomic E-state index is 10.9. The van der Waals surface area contributed by atoms with Gasteiger partial charge < -0.3 is 4.74 Å². The van der Waals surface area contributed by atoms with Gasteiger partial charge in [-0.15, -0.1) is 0 Å². The highest BCUT2D eigenvalue weighted by Crippen LogP contribution is 2.20. The van der Waals surface area contributed by atoms with E-state index in [4.69, 9.17) is 23.2 Å². The van der Waals surface area contributed by atoms with E-state index in [2.05, 4.69) is 9.72 Å². The van der Waals surface area contributed by atoms with E-state index in [1.807, 2.05) is 0 Å². The lowest BCUT2D eigenvalue weighted by molar-refractivity contribution is 0.0594. The maximum absolute atomic E-state index is 10.9. The highest BCUT2D eigenvalue weighted by Gasteiger charge is 2.08. The van der Waals surface area contributed by atoms with E-state index in [1.54, 1.807) is 0 Å². The summed E-state index contributed by atoms with van der Waals surface area (Å²) in [5.74, 6) is -0.534. The van der Waals surface area contributed by atoms with Gasteiger partial charge in [0.25, 0.3) is 0 Å². The Morgan fingerprint density at radius 1 is 1.50 bits per heavy atom. The monoisotopic (exact) mass is 205 g/mol. The number of pyridine rings is 1. The predicted molar refractivity (Wildman–Crippen MR) is 45.6 cm³/mol. The van der Waals surface area contributed by atoms with Gasteiger partial charge in [0.2, 0.25) is 0 Å². The van der Waals surface area contributed by atoms with Gasteiger partial charge in [-0.2, -0.15) is 0 Å². The Balaban J connectivity index is 3.05. The summed E-state index contributed by atoms with van der Waals surface area (Å²) in [6.45, 7) is 0. The molecule has 0 radical (unpaired) electrons. The first kappa shape index (κ1) is 9.29. The highest BCUT2D eigenvalue weighted by molar-refractivity contribution is 6.42. The summed E-state index contributed by atoms with van der Waals surface area (Å²) in [6, 6.07) is 1.36. The SMILES string of the molecule is COC(=O)c1cc(Cl)c(Cl)cn1. The van der Waals surface area contributed by atoms with Crippen LogP contribution in [0.25, 0.3) is 0 Å². The van der Waals surface area contributed by atoms with Crippen LogP contribution in [0.3, 0.4) is 0 Å². The summed E-state index contributed by atoms with van der Waals surface area (Å²) in [6.07, 6.45) is 1.30. The van der Waals surface area contributed by atoms with Crippen molar-refractivity contribution < 1.29 is 9.53 Å². The van der Waals surface area contributed by atoms with Gasteiger partial charge in [0.05, 0.1) is 17.2 Å². The lowest BCUT2D eigenvalue weighted by atomic mass is 10.3. The molecule has 0 N–H and O–H groups in total. The van der Waals surface area contributed by atoms with Crippen LogP contribution in [0.2, 0.25) is 10.0 Å². The van der Waals surface area contributed by atoms with Crippen molar-refractivity contribution in [3.63, 3.8) is 0 Å². The molecule has 0 unspecified atom stereocenters. The second-order valence-corrected chi connectivity index (χ2v) is 2.79. The van der Waals surface area contributed by atoms with E-state index in [1.165, 1.54) is 19.4 Å². The third kappa shape index (κ3) is 1.87. The van der Waals surface area contributed by atoms with Gasteiger partial charge in [0.1, 0.15) is 5.69 Å². The van der Waals surface area contributed by atoms with Crippen molar-refractivity contribution in [2.24, 2.45) is 0 Å². The van der Waals surface area contributed by atoms with Crippen molar-refractivity contribution in [1.82, 2.24) is 4.98 Å². The molecule has 0 bridgehead atoms. The number of carbonyl (C=O) groups excluding carboxylic acids is 1. The Morgan fingerprint density at radius 3 is 2.67 bits per heavy atom. The molecule has 0 atom stereocenters. The molecule has 0 fully saturated rings. The fourth-order valence-corrected chi connectivity index (χ4v) is 0.886. The van der Waals surface area contributed by atoms with Crippen LogP contribution in [0, 0.1) is 0 Å². The molecule has 0 aliphatic carbocycles. The average molecular weight is 206 g/mol. The fourth-order valence-electron chi connectivity index (χ4n) is 0.630. The normalized spacial score (nSPS) is 9.58. The number of esters is 1. The number of carbonyl (C=O) groups is 1. The zero-order valence-corrected chi connectivity index (χ0v) is 7.69. The number of ether oxygens (including phenoxy) is 1. The molecule has 0 saturated carbocycles. The van der Waals surface area contributed by atoms with E-state index in [-0.39, 0.29) is 10.7 Å². The van der Waals surface area contributed by atoms with Gasteiger partial charge in [0, 0.05) is 6.20 Å². The Kier molecular flexibility index (Phi) is 2.89. The number of nitrogens with zero attached hydrogens (tertiary/aromatic N) is 1. The fraction of sp³-hybridized carbons (Fsp3) is 0.143. The van der Waals surface area contributed by atoms with Crippen LogP contribution < -0.4 is 0 Å². The average Bonchev–Trinajstić information content (AvgIpc) is 2.08. The Hall–Kier alpha value is -0.800. The van der Waals surface area contributed by atoms with Gasteiger partial charge >= 0.3 is 5.97 Å². The minimum Gasteiger partial charge on any atom is -0.464 e. The number of aromatic nitrogens is 1. The molecule has 1 aromatic heterocycles. The minimum absolute atomic E-state index is 0.145. The molecule has 12 heavy (non-hydrogen) atoms. The first-order valence-corrected chi connectivity index (χ1v) is 3.80. The van der Waals surface area contributed by atoms with Crippen LogP contribution in [0.1, 0.15) is 10.5 Å². The van der Waals surface area contributed by atoms with Crippen molar-refractivity contribution >= 4 is 29.2 Å². The summed E-state index contributed by atoms with van der Waals surface area (Å²) >= 11 is 11.2. The third-order valence-corrected chi connectivity index (χ3v) is 1.91. The van der Waals surface area contributed by atoms with Crippen LogP contribution in [-0.4, -0.2) is 18.1 Å². The first-order chi connectivity index (χ1) is 5.65. The molecule has 3 nitrogen and oxygen atoms in total. The van der Waals surface area contributed by atoms with Crippen molar-refractivity contribution in [2.75, 3.05) is 7.11 Å². The number of methoxy groups -OCH3 is 1. The lowest BCUT2D eigenvalue weighted by Gasteiger charge is -1.98. The van der Waals surface area contributed by atoms with Gasteiger partial charge in [-0.25, -0.2) is 9.78 Å². The van der Waals surface area contributed by atoms with Crippen molar-refractivity contribution in [3.05, 3.63) is 28.0 Å². The number of rotatable bonds is 1. The lowest BCUT2D eigenvalue weighted by Crippen LogP contribution is -2.03. The molecule has 64 valence electrons. The van der Waals surface area contributed by atoms with Gasteiger partial charge in [-0.1, -0.05) is 23.2 Å². The molecule has 0 spiro atoms. The Bertz CT molecular complexity index is 314. The van der Waals surface area contributed by atoms with Crippen molar-refractivity contribution in [1.29, 1.82) is 0 Å². The van der Waals surface area contributed by atoms with Gasteiger partial charge in [-0.3, -0.25) is 0 Å². The van der Waals surface area contributed by atoms with Crippen LogP contribution in [0.5, 0.6) is 0 Å². The minimum atomic E-state index is -0.534. The van der Waals surface area contributed by atoms with Crippen LogP contribution >= 0.6 is 23.2 Å². The molecule has 5 heteroatoms. The summed E-state index contributed by atoms with van der Waals surface area (Å²) in [5.41, 5.74) is 0.145. The molecular weight excluding hydrogens is 201 g/mol. The number of halogens is 2. The van der Waals surface area contributed by atoms with Gasteiger partial charge in [-0.05, 0) is 6.07 Å². The second-order valence-electron chi connectivity index (χ2n) is 1.98. The summed E-state index contributed by atoms with van der Waals surface area (Å²) < 4.78 is 4.43. The smallest absolute Gasteiger partial charge is 0.356 e. The molecule has 0 aliphatic rings. The standard InChI is InChI=1S/C7H5Cl2NO2/c1-12-7(11)6-2-4(8)5(9)3-10-6/h2-3H,1H3. The van der Waals surface area contributed by atoms with Crippen molar-refractivity contribution in [3.8, 4) is 0 Å². The second kappa shape index (κ2) is 3.74. The zero-order chi connectivity index (χ0) is 9.14. The molecule has 1 heterocycles. The van der Waals surface area contributed by atoms with Crippen LogP contribution in [0.4, 0.5) is 0 Å². The van der Waals surface area contributed by atoms with E-state index < -0.39 is 5.97 Å². The first-order valence-electron chi connectivity index (χ1n) is 3.04. The largest absolute Gasteiger partial charge is 0.464 e. The third-order valence-electron chi connectivity index (χ3n) is 1.20. The van der Waals surface area contributed by atoms with E-state index in [0.717, 1.165) is 0 Å². The maximum Gasteiger partial charge on any atom is 0.356 e. The topological polar surface area (TPSA) is 39.2 Å². The molecule has 1 aromatic rings. The molecule has 0 aromatic carbocycles. The molecule has 0 aliphatic heterocycles. The Morgan fingerprint density at radius 2 is 2.17 bits per heavy atom. The quantitative estimate of drug-likeness (QED) is 0.661. The summed E-state index contributed by atoms with van der Waals surface area (Å²) in [5, 5.41) is 0.594. The predicted octanol–water partition coefficient (Wildman–Crippen LogP) is 2.17. The number of hydrogen-bond acceptors (Lipinski definition) is 3. The Labute approximate surface area is 79.3 Å². The van der Waals surface area contributed by atoms with Gasteiger partial charge in [0.15, 0.2) is 0 Å². The highest BCUT2D eigenvalue weighted by atomic mass is 35.5. The van der Waals surface area contributed by atoms with E-state index in [9.17, 15) is 4.79 Å². The number of hydrogen-bond donors (Lipinski definition) is 0. The summed E-state index contributed by atoms with van der Waals surface area (Å²) in [4.78, 5) is 14.6. The molecule has 1 rings (SSSR count). The van der Waals surface area contributed by atoms with Crippen molar-refractivity contribution in [2.45, 2.75) is 0 Å². The summed E-state index contributed by atoms with van der Waals surface area (Å²) in [7, 11) is 1.27. The van der Waals surface area contributed by atoms with Crippen LogP contribution in [0.15, 0.2) is 12.3 Å². The van der Waals surface area contributed by atoms with Crippen LogP contribution in [-0.2, 0) is 4.74 Å². The molecule has 0 amide bonds. The van der Waals surface area contributed by atoms with E-state index in [0.29, 0.717) is 5.02 Å². The molecule has 0 saturated heterocycles. The zero-order valence-electron chi connectivity index (χ0n) is 6.17. The molecular formula is C7H5Cl2NO2. The van der Waals surface area contributed by atoms with E-state index >= 15 is 0 Å².